The molecule has 0 amide bonds. The Morgan fingerprint density at radius 3 is 2.39 bits per heavy atom. The highest BCUT2D eigenvalue weighted by molar-refractivity contribution is 5.01. The minimum Gasteiger partial charge on any atom is -0.382 e. The number of nitriles is 1. The van der Waals surface area contributed by atoms with Crippen molar-refractivity contribution in [2.45, 2.75) is 46.0 Å². The lowest BCUT2D eigenvalue weighted by atomic mass is 9.67. The molecule has 3 heteroatoms. The Balaban J connectivity index is 2.30. The summed E-state index contributed by atoms with van der Waals surface area (Å²) >= 11 is 0. The number of nitrogens with zero attached hydrogens (tertiary/aromatic N) is 1. The molecule has 0 aromatic rings. The van der Waals surface area contributed by atoms with Crippen LogP contribution in [0.2, 0.25) is 0 Å². The molecule has 0 bridgehead atoms. The highest BCUT2D eigenvalue weighted by atomic mass is 16.5. The third-order valence-electron chi connectivity index (χ3n) is 4.32. The maximum absolute atomic E-state index is 9.44. The third-order valence-corrected chi connectivity index (χ3v) is 4.32. The summed E-state index contributed by atoms with van der Waals surface area (Å²) in [4.78, 5) is 0. The summed E-state index contributed by atoms with van der Waals surface area (Å²) in [5.41, 5.74) is -0.127. The van der Waals surface area contributed by atoms with Crippen LogP contribution in [0.4, 0.5) is 0 Å². The van der Waals surface area contributed by atoms with Crippen LogP contribution in [0.15, 0.2) is 0 Å². The van der Waals surface area contributed by atoms with Crippen LogP contribution in [0.1, 0.15) is 46.0 Å². The number of hydrogen-bond donors (Lipinski definition) is 0. The Hall–Kier alpha value is -0.590. The number of hydrogen-bond acceptors (Lipinski definition) is 3. The van der Waals surface area contributed by atoms with E-state index < -0.39 is 0 Å². The molecule has 0 N–H and O–H groups in total. The number of rotatable bonds is 7. The van der Waals surface area contributed by atoms with E-state index >= 15 is 0 Å². The first-order valence-electron chi connectivity index (χ1n) is 7.11. The van der Waals surface area contributed by atoms with Crippen molar-refractivity contribution in [1.82, 2.24) is 0 Å². The molecule has 0 radical (unpaired) electrons. The lowest BCUT2D eigenvalue weighted by Gasteiger charge is -2.36. The Bertz CT molecular complexity index is 262. The summed E-state index contributed by atoms with van der Waals surface area (Å²) in [5, 5.41) is 9.44. The summed E-state index contributed by atoms with van der Waals surface area (Å²) in [6, 6.07) is 2.56. The van der Waals surface area contributed by atoms with Gasteiger partial charge in [0.2, 0.25) is 0 Å². The molecule has 0 aliphatic heterocycles. The van der Waals surface area contributed by atoms with Crippen molar-refractivity contribution in [3.05, 3.63) is 0 Å². The minimum atomic E-state index is -0.127. The zero-order valence-electron chi connectivity index (χ0n) is 12.1. The van der Waals surface area contributed by atoms with E-state index in [1.165, 1.54) is 12.8 Å². The molecule has 0 saturated heterocycles. The van der Waals surface area contributed by atoms with Gasteiger partial charge in [-0.2, -0.15) is 5.26 Å². The molecule has 18 heavy (non-hydrogen) atoms. The van der Waals surface area contributed by atoms with E-state index in [1.807, 2.05) is 0 Å². The fourth-order valence-electron chi connectivity index (χ4n) is 2.79. The Labute approximate surface area is 111 Å². The van der Waals surface area contributed by atoms with E-state index in [4.69, 9.17) is 9.47 Å². The van der Waals surface area contributed by atoms with Crippen molar-refractivity contribution in [2.24, 2.45) is 17.3 Å². The van der Waals surface area contributed by atoms with Crippen molar-refractivity contribution in [2.75, 3.05) is 26.9 Å². The highest BCUT2D eigenvalue weighted by Crippen LogP contribution is 2.43. The first kappa shape index (κ1) is 15.5. The van der Waals surface area contributed by atoms with E-state index in [0.717, 1.165) is 31.1 Å². The monoisotopic (exact) mass is 253 g/mol. The van der Waals surface area contributed by atoms with Gasteiger partial charge in [-0.25, -0.2) is 0 Å². The second-order valence-corrected chi connectivity index (χ2v) is 5.83. The second-order valence-electron chi connectivity index (χ2n) is 5.83. The zero-order valence-corrected chi connectivity index (χ0v) is 12.1. The van der Waals surface area contributed by atoms with Crippen LogP contribution < -0.4 is 0 Å². The summed E-state index contributed by atoms with van der Waals surface area (Å²) in [5.74, 6) is 1.56. The lowest BCUT2D eigenvalue weighted by Crippen LogP contribution is -2.29. The molecule has 1 saturated carbocycles. The van der Waals surface area contributed by atoms with E-state index in [0.29, 0.717) is 19.8 Å². The molecule has 0 unspecified atom stereocenters. The maximum Gasteiger partial charge on any atom is 0.0700 e. The minimum absolute atomic E-state index is 0.127. The van der Waals surface area contributed by atoms with Gasteiger partial charge >= 0.3 is 0 Å². The first-order valence-corrected chi connectivity index (χ1v) is 7.11. The molecule has 0 spiro atoms. The topological polar surface area (TPSA) is 42.2 Å². The predicted molar refractivity (Wildman–Crippen MR) is 72.2 cm³/mol. The van der Waals surface area contributed by atoms with Gasteiger partial charge in [0.05, 0.1) is 24.7 Å². The van der Waals surface area contributed by atoms with Gasteiger partial charge in [0.15, 0.2) is 0 Å². The quantitative estimate of drug-likeness (QED) is 0.653. The Morgan fingerprint density at radius 1 is 1.22 bits per heavy atom. The van der Waals surface area contributed by atoms with Gasteiger partial charge < -0.3 is 9.47 Å². The Kier molecular flexibility index (Phi) is 6.67. The predicted octanol–water partition coefficient (Wildman–Crippen LogP) is 3.40. The largest absolute Gasteiger partial charge is 0.382 e. The van der Waals surface area contributed by atoms with Crippen molar-refractivity contribution in [1.29, 1.82) is 5.26 Å². The third kappa shape index (κ3) is 4.59. The average Bonchev–Trinajstić information content (AvgIpc) is 2.39. The fraction of sp³-hybridized carbons (Fsp3) is 0.933. The van der Waals surface area contributed by atoms with Gasteiger partial charge in [-0.1, -0.05) is 13.8 Å². The molecule has 3 nitrogen and oxygen atoms in total. The summed E-state index contributed by atoms with van der Waals surface area (Å²) < 4.78 is 10.4. The van der Waals surface area contributed by atoms with Crippen LogP contribution >= 0.6 is 0 Å². The Morgan fingerprint density at radius 2 is 1.89 bits per heavy atom. The second kappa shape index (κ2) is 7.76. The van der Waals surface area contributed by atoms with Gasteiger partial charge in [0, 0.05) is 13.7 Å². The fourth-order valence-corrected chi connectivity index (χ4v) is 2.79. The standard InChI is InChI=1S/C15H27NO2/c1-13(2)14-4-6-15(12-16,7-5-14)8-9-18-11-10-17-3/h13-14H,4-11H2,1-3H3. The first-order chi connectivity index (χ1) is 8.63. The number of ether oxygens (including phenoxy) is 2. The van der Waals surface area contributed by atoms with Crippen molar-refractivity contribution < 1.29 is 9.47 Å². The average molecular weight is 253 g/mol. The van der Waals surface area contributed by atoms with Gasteiger partial charge in [-0.3, -0.25) is 0 Å². The van der Waals surface area contributed by atoms with Crippen molar-refractivity contribution in [3.8, 4) is 6.07 Å². The van der Waals surface area contributed by atoms with E-state index in [9.17, 15) is 5.26 Å². The zero-order chi connectivity index (χ0) is 13.4. The molecule has 1 fully saturated rings. The molecule has 1 aliphatic rings. The molecule has 1 rings (SSSR count). The molecule has 1 aliphatic carbocycles. The number of methoxy groups -OCH3 is 1. The normalized spacial score (nSPS) is 28.3. The summed E-state index contributed by atoms with van der Waals surface area (Å²) in [6.07, 6.45) is 5.35. The van der Waals surface area contributed by atoms with Gasteiger partial charge in [-0.05, 0) is 43.9 Å². The highest BCUT2D eigenvalue weighted by Gasteiger charge is 2.35. The van der Waals surface area contributed by atoms with Crippen LogP contribution in [0.5, 0.6) is 0 Å². The molecule has 0 atom stereocenters. The van der Waals surface area contributed by atoms with Gasteiger partial charge in [0.25, 0.3) is 0 Å². The molecule has 0 aromatic carbocycles. The molecule has 0 heterocycles. The van der Waals surface area contributed by atoms with Crippen molar-refractivity contribution >= 4 is 0 Å². The molecule has 0 aromatic heterocycles. The van der Waals surface area contributed by atoms with E-state index in [2.05, 4.69) is 19.9 Å². The van der Waals surface area contributed by atoms with Crippen LogP contribution in [0.25, 0.3) is 0 Å². The SMILES string of the molecule is COCCOCCC1(C#N)CCC(C(C)C)CC1. The van der Waals surface area contributed by atoms with Crippen LogP contribution in [-0.2, 0) is 9.47 Å². The van der Waals surface area contributed by atoms with Crippen LogP contribution in [0, 0.1) is 28.6 Å². The van der Waals surface area contributed by atoms with Gasteiger partial charge in [0.1, 0.15) is 0 Å². The molecule has 104 valence electrons. The van der Waals surface area contributed by atoms with Crippen LogP contribution in [-0.4, -0.2) is 26.9 Å². The smallest absolute Gasteiger partial charge is 0.0700 e. The van der Waals surface area contributed by atoms with E-state index in [1.54, 1.807) is 7.11 Å². The van der Waals surface area contributed by atoms with Crippen LogP contribution in [0.3, 0.4) is 0 Å². The summed E-state index contributed by atoms with van der Waals surface area (Å²) in [6.45, 7) is 6.53. The van der Waals surface area contributed by atoms with Gasteiger partial charge in [-0.15, -0.1) is 0 Å². The maximum atomic E-state index is 9.44. The summed E-state index contributed by atoms with van der Waals surface area (Å²) in [7, 11) is 1.67. The lowest BCUT2D eigenvalue weighted by molar-refractivity contribution is 0.0484. The molecular formula is C15H27NO2. The van der Waals surface area contributed by atoms with E-state index in [-0.39, 0.29) is 5.41 Å². The molecular weight excluding hydrogens is 226 g/mol. The van der Waals surface area contributed by atoms with Crippen molar-refractivity contribution in [3.63, 3.8) is 0 Å².